The lowest BCUT2D eigenvalue weighted by Gasteiger charge is -2.16. The summed E-state index contributed by atoms with van der Waals surface area (Å²) in [5.41, 5.74) is 0.440. The number of hydrogen-bond acceptors (Lipinski definition) is 2. The smallest absolute Gasteiger partial charge is 0.336 e. The largest absolute Gasteiger partial charge is 0.478 e. The van der Waals surface area contributed by atoms with Crippen molar-refractivity contribution in [2.45, 2.75) is 46.0 Å². The minimum absolute atomic E-state index is 0.0602. The van der Waals surface area contributed by atoms with Gasteiger partial charge in [-0.25, -0.2) is 9.59 Å². The first-order valence-electron chi connectivity index (χ1n) is 7.09. The zero-order valence-electron chi connectivity index (χ0n) is 12.1. The Morgan fingerprint density at radius 3 is 2.35 bits per heavy atom. The number of carboxylic acids is 2. The van der Waals surface area contributed by atoms with Crippen LogP contribution < -0.4 is 0 Å². The van der Waals surface area contributed by atoms with Gasteiger partial charge in [0.25, 0.3) is 0 Å². The number of aromatic carboxylic acids is 2. The third kappa shape index (κ3) is 4.08. The molecule has 0 radical (unpaired) electrons. The van der Waals surface area contributed by atoms with E-state index in [0.29, 0.717) is 17.9 Å². The van der Waals surface area contributed by atoms with Gasteiger partial charge in [-0.2, -0.15) is 0 Å². The van der Waals surface area contributed by atoms with Gasteiger partial charge < -0.3 is 10.2 Å². The minimum atomic E-state index is -1.19. The van der Waals surface area contributed by atoms with Gasteiger partial charge in [0.15, 0.2) is 0 Å². The summed E-state index contributed by atoms with van der Waals surface area (Å²) < 4.78 is 0. The topological polar surface area (TPSA) is 74.6 Å². The highest BCUT2D eigenvalue weighted by Gasteiger charge is 2.21. The van der Waals surface area contributed by atoms with Crippen molar-refractivity contribution in [1.82, 2.24) is 0 Å². The monoisotopic (exact) mass is 278 g/mol. The molecular weight excluding hydrogens is 256 g/mol. The third-order valence-electron chi connectivity index (χ3n) is 3.65. The van der Waals surface area contributed by atoms with Crippen LogP contribution in [0.2, 0.25) is 0 Å². The van der Waals surface area contributed by atoms with E-state index in [1.165, 1.54) is 6.07 Å². The van der Waals surface area contributed by atoms with E-state index in [2.05, 4.69) is 13.8 Å². The molecule has 0 aliphatic heterocycles. The van der Waals surface area contributed by atoms with Gasteiger partial charge in [0.05, 0.1) is 11.1 Å². The van der Waals surface area contributed by atoms with Crippen molar-refractivity contribution in [3.8, 4) is 0 Å². The standard InChI is InChI=1S/C16H22O4/c1-3-5-7-11(4-2)10-12-8-6-9-13(15(17)18)14(12)16(19)20/h6,8-9,11H,3-5,7,10H2,1-2H3,(H,17,18)(H,19,20)/t11-/m0/s1. The van der Waals surface area contributed by atoms with Crippen molar-refractivity contribution in [3.05, 3.63) is 34.9 Å². The fraction of sp³-hybridized carbons (Fsp3) is 0.500. The number of benzene rings is 1. The molecule has 0 unspecified atom stereocenters. The molecule has 1 aromatic rings. The molecule has 1 aromatic carbocycles. The lowest BCUT2D eigenvalue weighted by Crippen LogP contribution is -2.14. The van der Waals surface area contributed by atoms with Gasteiger partial charge in [0.1, 0.15) is 0 Å². The average molecular weight is 278 g/mol. The highest BCUT2D eigenvalue weighted by molar-refractivity contribution is 6.02. The maximum atomic E-state index is 11.4. The zero-order valence-corrected chi connectivity index (χ0v) is 12.1. The van der Waals surface area contributed by atoms with Crippen molar-refractivity contribution in [1.29, 1.82) is 0 Å². The Bertz CT molecular complexity index is 479. The maximum Gasteiger partial charge on any atom is 0.336 e. The van der Waals surface area contributed by atoms with Gasteiger partial charge in [-0.1, -0.05) is 51.7 Å². The number of carboxylic acid groups (broad SMARTS) is 2. The quantitative estimate of drug-likeness (QED) is 0.757. The molecule has 0 fully saturated rings. The maximum absolute atomic E-state index is 11.4. The van der Waals surface area contributed by atoms with E-state index in [1.807, 2.05) is 0 Å². The predicted molar refractivity (Wildman–Crippen MR) is 77.4 cm³/mol. The molecule has 0 saturated heterocycles. The Kier molecular flexibility index (Phi) is 6.22. The highest BCUT2D eigenvalue weighted by Crippen LogP contribution is 2.23. The van der Waals surface area contributed by atoms with Crippen LogP contribution in [0, 0.1) is 5.92 Å². The molecule has 4 nitrogen and oxygen atoms in total. The van der Waals surface area contributed by atoms with Crippen molar-refractivity contribution >= 4 is 11.9 Å². The molecule has 1 atom stereocenters. The van der Waals surface area contributed by atoms with Crippen LogP contribution in [0.25, 0.3) is 0 Å². The number of hydrogen-bond donors (Lipinski definition) is 2. The lowest BCUT2D eigenvalue weighted by molar-refractivity contribution is 0.0650. The van der Waals surface area contributed by atoms with E-state index in [4.69, 9.17) is 5.11 Å². The second-order valence-electron chi connectivity index (χ2n) is 5.07. The Hall–Kier alpha value is -1.84. The molecule has 1 rings (SSSR count). The minimum Gasteiger partial charge on any atom is -0.478 e. The van der Waals surface area contributed by atoms with Gasteiger partial charge in [0.2, 0.25) is 0 Å². The third-order valence-corrected chi connectivity index (χ3v) is 3.65. The molecule has 110 valence electrons. The molecule has 0 aliphatic rings. The Balaban J connectivity index is 3.07. The summed E-state index contributed by atoms with van der Waals surface area (Å²) in [5, 5.41) is 18.4. The molecule has 2 N–H and O–H groups in total. The molecule has 0 heterocycles. The molecule has 0 bridgehead atoms. The fourth-order valence-electron chi connectivity index (χ4n) is 2.46. The predicted octanol–water partition coefficient (Wildman–Crippen LogP) is 3.84. The molecule has 20 heavy (non-hydrogen) atoms. The molecule has 0 aromatic heterocycles. The Morgan fingerprint density at radius 1 is 1.15 bits per heavy atom. The first kappa shape index (κ1) is 16.2. The van der Waals surface area contributed by atoms with E-state index in [0.717, 1.165) is 25.7 Å². The first-order chi connectivity index (χ1) is 9.51. The summed E-state index contributed by atoms with van der Waals surface area (Å²) in [7, 11) is 0. The fourth-order valence-corrected chi connectivity index (χ4v) is 2.46. The molecule has 4 heteroatoms. The van der Waals surface area contributed by atoms with Crippen LogP contribution in [0.15, 0.2) is 18.2 Å². The summed E-state index contributed by atoms with van der Waals surface area (Å²) in [5.74, 6) is -1.95. The zero-order chi connectivity index (χ0) is 15.1. The van der Waals surface area contributed by atoms with Gasteiger partial charge in [-0.3, -0.25) is 0 Å². The van der Waals surface area contributed by atoms with Gasteiger partial charge in [0, 0.05) is 0 Å². The Morgan fingerprint density at radius 2 is 1.85 bits per heavy atom. The van der Waals surface area contributed by atoms with E-state index < -0.39 is 11.9 Å². The second-order valence-corrected chi connectivity index (χ2v) is 5.07. The molecular formula is C16H22O4. The van der Waals surface area contributed by atoms with E-state index in [-0.39, 0.29) is 11.1 Å². The summed E-state index contributed by atoms with van der Waals surface area (Å²) in [6.07, 6.45) is 4.86. The summed E-state index contributed by atoms with van der Waals surface area (Å²) in [6, 6.07) is 4.70. The molecule has 0 amide bonds. The van der Waals surface area contributed by atoms with Crippen molar-refractivity contribution < 1.29 is 19.8 Å². The molecule has 0 saturated carbocycles. The molecule has 0 aliphatic carbocycles. The van der Waals surface area contributed by atoms with Crippen molar-refractivity contribution in [2.24, 2.45) is 5.92 Å². The first-order valence-corrected chi connectivity index (χ1v) is 7.09. The SMILES string of the molecule is CCCC[C@H](CC)Cc1cccc(C(=O)O)c1C(=O)O. The average Bonchev–Trinajstić information content (AvgIpc) is 2.42. The summed E-state index contributed by atoms with van der Waals surface area (Å²) in [4.78, 5) is 22.5. The van der Waals surface area contributed by atoms with Crippen LogP contribution in [0.1, 0.15) is 65.8 Å². The Labute approximate surface area is 119 Å². The van der Waals surface area contributed by atoms with Crippen LogP contribution >= 0.6 is 0 Å². The van der Waals surface area contributed by atoms with Gasteiger partial charge >= 0.3 is 11.9 Å². The highest BCUT2D eigenvalue weighted by atomic mass is 16.4. The lowest BCUT2D eigenvalue weighted by atomic mass is 9.88. The van der Waals surface area contributed by atoms with Crippen LogP contribution in [-0.4, -0.2) is 22.2 Å². The normalized spacial score (nSPS) is 12.1. The summed E-state index contributed by atoms with van der Waals surface area (Å²) >= 11 is 0. The number of carbonyl (C=O) groups is 2. The van der Waals surface area contributed by atoms with E-state index in [1.54, 1.807) is 12.1 Å². The number of unbranched alkanes of at least 4 members (excludes halogenated alkanes) is 1. The van der Waals surface area contributed by atoms with E-state index >= 15 is 0 Å². The van der Waals surface area contributed by atoms with Crippen LogP contribution in [0.4, 0.5) is 0 Å². The van der Waals surface area contributed by atoms with Crippen molar-refractivity contribution in [2.75, 3.05) is 0 Å². The second kappa shape index (κ2) is 7.68. The van der Waals surface area contributed by atoms with Gasteiger partial charge in [-0.05, 0) is 24.0 Å². The van der Waals surface area contributed by atoms with Gasteiger partial charge in [-0.15, -0.1) is 0 Å². The summed E-state index contributed by atoms with van der Waals surface area (Å²) in [6.45, 7) is 4.21. The van der Waals surface area contributed by atoms with Crippen LogP contribution in [-0.2, 0) is 6.42 Å². The van der Waals surface area contributed by atoms with Crippen molar-refractivity contribution in [3.63, 3.8) is 0 Å². The van der Waals surface area contributed by atoms with Crippen LogP contribution in [0.3, 0.4) is 0 Å². The van der Waals surface area contributed by atoms with E-state index in [9.17, 15) is 14.7 Å². The molecule has 0 spiro atoms. The number of rotatable bonds is 8. The van der Waals surface area contributed by atoms with Crippen LogP contribution in [0.5, 0.6) is 0 Å².